The predicted octanol–water partition coefficient (Wildman–Crippen LogP) is 5.09. The van der Waals surface area contributed by atoms with Crippen LogP contribution < -0.4 is 0 Å². The van der Waals surface area contributed by atoms with Crippen molar-refractivity contribution in [3.63, 3.8) is 0 Å². The third-order valence-corrected chi connectivity index (χ3v) is 4.37. The maximum Gasteiger partial charge on any atom is 0.337 e. The van der Waals surface area contributed by atoms with Crippen LogP contribution in [0.25, 0.3) is 5.69 Å². The Bertz CT molecular complexity index is 927. The summed E-state index contributed by atoms with van der Waals surface area (Å²) >= 11 is 3.45. The normalized spacial score (nSPS) is 11.0. The van der Waals surface area contributed by atoms with Crippen molar-refractivity contribution in [3.05, 3.63) is 82.1 Å². The summed E-state index contributed by atoms with van der Waals surface area (Å²) < 4.78 is 7.84. The van der Waals surface area contributed by atoms with E-state index >= 15 is 0 Å². The fourth-order valence-corrected chi connectivity index (χ4v) is 2.78. The van der Waals surface area contributed by atoms with Crippen molar-refractivity contribution in [1.29, 1.82) is 0 Å². The number of benzene rings is 2. The van der Waals surface area contributed by atoms with E-state index in [1.54, 1.807) is 12.1 Å². The van der Waals surface area contributed by atoms with Crippen molar-refractivity contribution in [3.8, 4) is 5.69 Å². The molecule has 25 heavy (non-hydrogen) atoms. The number of esters is 1. The molecule has 0 aliphatic carbocycles. The van der Waals surface area contributed by atoms with Gasteiger partial charge in [0.05, 0.1) is 30.3 Å². The molecule has 0 bridgehead atoms. The van der Waals surface area contributed by atoms with Gasteiger partial charge >= 0.3 is 5.97 Å². The number of halogens is 1. The molecule has 0 amide bonds. The first-order chi connectivity index (χ1) is 12.1. The van der Waals surface area contributed by atoms with Gasteiger partial charge < -0.3 is 9.30 Å². The van der Waals surface area contributed by atoms with Crippen LogP contribution in [0, 0.1) is 6.92 Å². The van der Waals surface area contributed by atoms with Crippen molar-refractivity contribution in [2.24, 2.45) is 4.99 Å². The maximum atomic E-state index is 11.6. The van der Waals surface area contributed by atoms with Gasteiger partial charge in [-0.2, -0.15) is 0 Å². The third-order valence-electron chi connectivity index (χ3n) is 3.84. The minimum absolute atomic E-state index is 0.345. The molecule has 0 N–H and O–H groups in total. The summed E-state index contributed by atoms with van der Waals surface area (Å²) in [5.41, 5.74) is 4.29. The van der Waals surface area contributed by atoms with Crippen LogP contribution in [0.3, 0.4) is 0 Å². The molecule has 0 radical (unpaired) electrons. The van der Waals surface area contributed by atoms with E-state index in [4.69, 9.17) is 4.74 Å². The number of rotatable bonds is 4. The largest absolute Gasteiger partial charge is 0.465 e. The lowest BCUT2D eigenvalue weighted by atomic mass is 10.1. The zero-order valence-corrected chi connectivity index (χ0v) is 15.5. The van der Waals surface area contributed by atoms with Gasteiger partial charge in [-0.05, 0) is 67.1 Å². The molecule has 5 heteroatoms. The van der Waals surface area contributed by atoms with Gasteiger partial charge in [-0.1, -0.05) is 15.9 Å². The Morgan fingerprint density at radius 3 is 2.60 bits per heavy atom. The van der Waals surface area contributed by atoms with Crippen LogP contribution in [0.1, 0.15) is 21.6 Å². The van der Waals surface area contributed by atoms with Crippen LogP contribution in [0.15, 0.2) is 70.3 Å². The van der Waals surface area contributed by atoms with Gasteiger partial charge in [-0.3, -0.25) is 4.99 Å². The molecule has 1 heterocycles. The lowest BCUT2D eigenvalue weighted by Gasteiger charge is -2.07. The Morgan fingerprint density at radius 1 is 1.16 bits per heavy atom. The molecule has 0 aliphatic heterocycles. The molecule has 0 saturated heterocycles. The molecular weight excluding hydrogens is 380 g/mol. The van der Waals surface area contributed by atoms with E-state index in [9.17, 15) is 4.79 Å². The summed E-state index contributed by atoms with van der Waals surface area (Å²) in [6, 6.07) is 17.4. The SMILES string of the molecule is COC(=O)c1ccc(N=Cc2cccn2-c2ccc(Br)cc2)c(C)c1. The first-order valence-electron chi connectivity index (χ1n) is 7.75. The van der Waals surface area contributed by atoms with E-state index in [0.29, 0.717) is 5.56 Å². The number of carbonyl (C=O) groups is 1. The second-order valence-corrected chi connectivity index (χ2v) is 6.45. The van der Waals surface area contributed by atoms with Crippen molar-refractivity contribution in [1.82, 2.24) is 4.57 Å². The van der Waals surface area contributed by atoms with Crippen LogP contribution in [-0.4, -0.2) is 23.9 Å². The lowest BCUT2D eigenvalue weighted by molar-refractivity contribution is 0.0600. The first kappa shape index (κ1) is 17.2. The second kappa shape index (κ2) is 7.49. The third kappa shape index (κ3) is 3.88. The fourth-order valence-electron chi connectivity index (χ4n) is 2.52. The number of ether oxygens (including phenoxy) is 1. The second-order valence-electron chi connectivity index (χ2n) is 5.53. The quantitative estimate of drug-likeness (QED) is 0.455. The average molecular weight is 397 g/mol. The highest BCUT2D eigenvalue weighted by molar-refractivity contribution is 9.10. The fraction of sp³-hybridized carbons (Fsp3) is 0.100. The van der Waals surface area contributed by atoms with Gasteiger partial charge in [-0.15, -0.1) is 0 Å². The van der Waals surface area contributed by atoms with E-state index in [-0.39, 0.29) is 5.97 Å². The molecule has 0 spiro atoms. The van der Waals surface area contributed by atoms with Gasteiger partial charge in [0, 0.05) is 16.4 Å². The molecule has 126 valence electrons. The molecule has 2 aromatic carbocycles. The molecule has 0 unspecified atom stereocenters. The van der Waals surface area contributed by atoms with E-state index in [2.05, 4.69) is 25.5 Å². The zero-order valence-electron chi connectivity index (χ0n) is 13.9. The van der Waals surface area contributed by atoms with Gasteiger partial charge in [0.25, 0.3) is 0 Å². The highest BCUT2D eigenvalue weighted by Crippen LogP contribution is 2.21. The Morgan fingerprint density at radius 2 is 1.92 bits per heavy atom. The molecule has 0 aliphatic rings. The Labute approximate surface area is 154 Å². The molecule has 3 rings (SSSR count). The molecule has 0 atom stereocenters. The van der Waals surface area contributed by atoms with Crippen molar-refractivity contribution in [2.75, 3.05) is 7.11 Å². The number of aryl methyl sites for hydroxylation is 1. The number of carbonyl (C=O) groups excluding carboxylic acids is 1. The topological polar surface area (TPSA) is 43.6 Å². The summed E-state index contributed by atoms with van der Waals surface area (Å²) in [5.74, 6) is -0.345. The number of hydrogen-bond donors (Lipinski definition) is 0. The molecule has 1 aromatic heterocycles. The van der Waals surface area contributed by atoms with Crippen LogP contribution in [0.5, 0.6) is 0 Å². The number of methoxy groups -OCH3 is 1. The van der Waals surface area contributed by atoms with Crippen LogP contribution in [0.4, 0.5) is 5.69 Å². The summed E-state index contributed by atoms with van der Waals surface area (Å²) in [7, 11) is 1.38. The Hall–Kier alpha value is -2.66. The summed E-state index contributed by atoms with van der Waals surface area (Å²) in [6.07, 6.45) is 3.82. The van der Waals surface area contributed by atoms with Crippen molar-refractivity contribution >= 4 is 33.8 Å². The maximum absolute atomic E-state index is 11.6. The molecular formula is C20H17BrN2O2. The Balaban J connectivity index is 1.87. The summed E-state index contributed by atoms with van der Waals surface area (Å²) in [6.45, 7) is 1.92. The number of aromatic nitrogens is 1. The van der Waals surface area contributed by atoms with Crippen LogP contribution in [0.2, 0.25) is 0 Å². The van der Waals surface area contributed by atoms with E-state index in [1.165, 1.54) is 7.11 Å². The molecule has 0 fully saturated rings. The van der Waals surface area contributed by atoms with Crippen molar-refractivity contribution in [2.45, 2.75) is 6.92 Å². The van der Waals surface area contributed by atoms with Gasteiger partial charge in [0.15, 0.2) is 0 Å². The minimum Gasteiger partial charge on any atom is -0.465 e. The lowest BCUT2D eigenvalue weighted by Crippen LogP contribution is -2.01. The minimum atomic E-state index is -0.345. The summed E-state index contributed by atoms with van der Waals surface area (Å²) in [5, 5.41) is 0. The Kier molecular flexibility index (Phi) is 5.14. The van der Waals surface area contributed by atoms with E-state index in [1.807, 2.05) is 61.8 Å². The van der Waals surface area contributed by atoms with E-state index in [0.717, 1.165) is 27.1 Å². The van der Waals surface area contributed by atoms with Crippen LogP contribution >= 0.6 is 15.9 Å². The molecule has 4 nitrogen and oxygen atoms in total. The van der Waals surface area contributed by atoms with Crippen LogP contribution in [-0.2, 0) is 4.74 Å². The average Bonchev–Trinajstić information content (AvgIpc) is 3.09. The molecule has 3 aromatic rings. The predicted molar refractivity (Wildman–Crippen MR) is 103 cm³/mol. The van der Waals surface area contributed by atoms with Gasteiger partial charge in [0.1, 0.15) is 0 Å². The van der Waals surface area contributed by atoms with Gasteiger partial charge in [-0.25, -0.2) is 4.79 Å². The monoisotopic (exact) mass is 396 g/mol. The van der Waals surface area contributed by atoms with Gasteiger partial charge in [0.2, 0.25) is 0 Å². The number of hydrogen-bond acceptors (Lipinski definition) is 3. The number of aliphatic imine (C=N–C) groups is 1. The highest BCUT2D eigenvalue weighted by atomic mass is 79.9. The zero-order chi connectivity index (χ0) is 17.8. The standard InChI is InChI=1S/C20H17BrN2O2/c1-14-12-15(20(24)25-2)5-10-19(14)22-13-18-4-3-11-23(18)17-8-6-16(21)7-9-17/h3-13H,1-2H3. The van der Waals surface area contributed by atoms with E-state index < -0.39 is 0 Å². The summed E-state index contributed by atoms with van der Waals surface area (Å²) in [4.78, 5) is 16.2. The highest BCUT2D eigenvalue weighted by Gasteiger charge is 2.07. The smallest absolute Gasteiger partial charge is 0.337 e. The first-order valence-corrected chi connectivity index (χ1v) is 8.54. The number of nitrogens with zero attached hydrogens (tertiary/aromatic N) is 2. The molecule has 0 saturated carbocycles. The van der Waals surface area contributed by atoms with Crippen molar-refractivity contribution < 1.29 is 9.53 Å².